The van der Waals surface area contributed by atoms with Gasteiger partial charge in [-0.1, -0.05) is 43.4 Å². The first-order valence-electron chi connectivity index (χ1n) is 10.5. The highest BCUT2D eigenvalue weighted by atomic mass is 32.1. The van der Waals surface area contributed by atoms with Gasteiger partial charge in [0.25, 0.3) is 0 Å². The Morgan fingerprint density at radius 3 is 2.40 bits per heavy atom. The van der Waals surface area contributed by atoms with Crippen molar-refractivity contribution in [3.8, 4) is 0 Å². The normalized spacial score (nSPS) is 22.1. The largest absolute Gasteiger partial charge is 0.300 e. The fourth-order valence-corrected chi connectivity index (χ4v) is 5.57. The Kier molecular flexibility index (Phi) is 5.49. The zero-order valence-corrected chi connectivity index (χ0v) is 18.6. The van der Waals surface area contributed by atoms with Gasteiger partial charge in [-0.25, -0.2) is 4.98 Å². The first-order valence-corrected chi connectivity index (χ1v) is 11.3. The number of benzene rings is 1. The van der Waals surface area contributed by atoms with Crippen LogP contribution in [-0.2, 0) is 14.4 Å². The van der Waals surface area contributed by atoms with Crippen LogP contribution in [0.1, 0.15) is 44.2 Å². The number of aromatic nitrogens is 1. The number of hydrogen-bond acceptors (Lipinski definition) is 5. The summed E-state index contributed by atoms with van der Waals surface area (Å²) in [4.78, 5) is 45.1. The van der Waals surface area contributed by atoms with E-state index < -0.39 is 6.04 Å². The highest BCUT2D eigenvalue weighted by Crippen LogP contribution is 2.37. The molecule has 7 heteroatoms. The molecule has 4 rings (SSSR count). The van der Waals surface area contributed by atoms with Gasteiger partial charge < -0.3 is 5.32 Å². The molecule has 2 aliphatic rings. The number of nitrogens with zero attached hydrogens (tertiary/aromatic N) is 2. The Balaban J connectivity index is 1.61. The van der Waals surface area contributed by atoms with Crippen LogP contribution in [0.4, 0.5) is 5.13 Å². The van der Waals surface area contributed by atoms with Crippen molar-refractivity contribution in [3.05, 3.63) is 35.4 Å². The van der Waals surface area contributed by atoms with E-state index in [1.54, 1.807) is 0 Å². The molecule has 2 aromatic rings. The Morgan fingerprint density at radius 1 is 1.17 bits per heavy atom. The number of hydrogen-bond donors (Lipinski definition) is 1. The molecule has 158 valence electrons. The number of carbonyl (C=O) groups excluding carboxylic acids is 3. The molecular formula is C23H27N3O3S. The lowest BCUT2D eigenvalue weighted by atomic mass is 9.85. The Hall–Kier alpha value is -2.54. The summed E-state index contributed by atoms with van der Waals surface area (Å²) < 4.78 is 1.01. The number of fused-ring (bicyclic) bond motifs is 2. The van der Waals surface area contributed by atoms with Crippen molar-refractivity contribution in [1.82, 2.24) is 9.88 Å². The number of nitrogens with one attached hydrogen (secondary N) is 1. The van der Waals surface area contributed by atoms with Crippen molar-refractivity contribution >= 4 is 44.4 Å². The molecule has 0 bridgehead atoms. The lowest BCUT2D eigenvalue weighted by molar-refractivity contribution is -0.147. The fraction of sp³-hybridized carbons (Fsp3) is 0.478. The van der Waals surface area contributed by atoms with E-state index in [1.807, 2.05) is 45.9 Å². The molecular weight excluding hydrogens is 398 g/mol. The van der Waals surface area contributed by atoms with Crippen molar-refractivity contribution in [2.75, 3.05) is 5.32 Å². The maximum absolute atomic E-state index is 13.3. The number of rotatable bonds is 5. The maximum atomic E-state index is 13.3. The maximum Gasteiger partial charge on any atom is 0.249 e. The predicted octanol–water partition coefficient (Wildman–Crippen LogP) is 4.22. The standard InChI is InChI=1S/C23H27N3O3S/c1-12(2)9-17(26-21(28)15-7-5-6-8-16(15)22(26)29)20(27)25-23-24-19-14(4)10-13(3)11-18(19)30-23/h5-6,10-12,15-17H,7-9H2,1-4H3,(H,24,25,27). The van der Waals surface area contributed by atoms with Gasteiger partial charge in [0.1, 0.15) is 6.04 Å². The zero-order valence-electron chi connectivity index (χ0n) is 17.8. The van der Waals surface area contributed by atoms with Gasteiger partial charge in [-0.3, -0.25) is 19.3 Å². The molecule has 3 atom stereocenters. The lowest BCUT2D eigenvalue weighted by Gasteiger charge is -2.26. The number of allylic oxidation sites excluding steroid dienone is 2. The fourth-order valence-electron chi connectivity index (χ4n) is 4.52. The predicted molar refractivity (Wildman–Crippen MR) is 118 cm³/mol. The number of amides is 3. The van der Waals surface area contributed by atoms with Gasteiger partial charge >= 0.3 is 0 Å². The van der Waals surface area contributed by atoms with Crippen molar-refractivity contribution in [3.63, 3.8) is 0 Å². The SMILES string of the molecule is Cc1cc(C)c2nc(NC(=O)C(CC(C)C)N3C(=O)C4CC=CCC4C3=O)sc2c1. The van der Waals surface area contributed by atoms with Crippen LogP contribution in [-0.4, -0.2) is 33.6 Å². The second-order valence-electron chi connectivity index (χ2n) is 8.78. The summed E-state index contributed by atoms with van der Waals surface area (Å²) in [5, 5.41) is 3.39. The molecule has 1 aliphatic carbocycles. The van der Waals surface area contributed by atoms with Gasteiger partial charge in [-0.15, -0.1) is 0 Å². The molecule has 1 saturated heterocycles. The number of carbonyl (C=O) groups is 3. The van der Waals surface area contributed by atoms with E-state index >= 15 is 0 Å². The van der Waals surface area contributed by atoms with Crippen molar-refractivity contribution in [1.29, 1.82) is 0 Å². The van der Waals surface area contributed by atoms with E-state index in [9.17, 15) is 14.4 Å². The highest BCUT2D eigenvalue weighted by molar-refractivity contribution is 7.22. The van der Waals surface area contributed by atoms with Crippen LogP contribution in [0.5, 0.6) is 0 Å². The number of likely N-dealkylation sites (tertiary alicyclic amines) is 1. The first-order chi connectivity index (χ1) is 14.3. The summed E-state index contributed by atoms with van der Waals surface area (Å²) in [6, 6.07) is 3.30. The molecule has 1 aliphatic heterocycles. The molecule has 6 nitrogen and oxygen atoms in total. The topological polar surface area (TPSA) is 79.4 Å². The Morgan fingerprint density at radius 2 is 1.80 bits per heavy atom. The minimum atomic E-state index is -0.814. The summed E-state index contributed by atoms with van der Waals surface area (Å²) >= 11 is 1.41. The summed E-state index contributed by atoms with van der Waals surface area (Å²) in [5.74, 6) is -1.29. The second kappa shape index (κ2) is 7.95. The van der Waals surface area contributed by atoms with Crippen molar-refractivity contribution in [2.24, 2.45) is 17.8 Å². The molecule has 30 heavy (non-hydrogen) atoms. The van der Waals surface area contributed by atoms with E-state index in [0.717, 1.165) is 21.3 Å². The summed E-state index contributed by atoms with van der Waals surface area (Å²) in [6.07, 6.45) is 5.48. The third kappa shape index (κ3) is 3.67. The molecule has 0 saturated carbocycles. The van der Waals surface area contributed by atoms with Gasteiger partial charge in [0.15, 0.2) is 5.13 Å². The smallest absolute Gasteiger partial charge is 0.249 e. The summed E-state index contributed by atoms with van der Waals surface area (Å²) in [5.41, 5.74) is 3.07. The van der Waals surface area contributed by atoms with Crippen LogP contribution in [0.2, 0.25) is 0 Å². The molecule has 1 aromatic carbocycles. The zero-order chi connectivity index (χ0) is 21.6. The minimum Gasteiger partial charge on any atom is -0.300 e. The average molecular weight is 426 g/mol. The Bertz CT molecular complexity index is 1030. The lowest BCUT2D eigenvalue weighted by Crippen LogP contribution is -2.48. The molecule has 1 fully saturated rings. The van der Waals surface area contributed by atoms with Crippen LogP contribution in [0.3, 0.4) is 0 Å². The van der Waals surface area contributed by atoms with Crippen molar-refractivity contribution < 1.29 is 14.4 Å². The van der Waals surface area contributed by atoms with Gasteiger partial charge in [0.2, 0.25) is 17.7 Å². The molecule has 3 amide bonds. The number of thiazole rings is 1. The van der Waals surface area contributed by atoms with Gasteiger partial charge in [0.05, 0.1) is 22.1 Å². The van der Waals surface area contributed by atoms with Gasteiger partial charge in [-0.05, 0) is 56.2 Å². The second-order valence-corrected chi connectivity index (χ2v) is 9.82. The molecule has 1 aromatic heterocycles. The van der Waals surface area contributed by atoms with Crippen LogP contribution in [0.15, 0.2) is 24.3 Å². The summed E-state index contributed by atoms with van der Waals surface area (Å²) in [7, 11) is 0. The quantitative estimate of drug-likeness (QED) is 0.575. The molecule has 0 spiro atoms. The molecule has 1 N–H and O–H groups in total. The van der Waals surface area contributed by atoms with Crippen molar-refractivity contribution in [2.45, 2.75) is 53.0 Å². The van der Waals surface area contributed by atoms with E-state index in [-0.39, 0.29) is 35.5 Å². The molecule has 3 unspecified atom stereocenters. The van der Waals surface area contributed by atoms with Crippen LogP contribution in [0.25, 0.3) is 10.2 Å². The highest BCUT2D eigenvalue weighted by Gasteiger charge is 2.51. The van der Waals surface area contributed by atoms with E-state index in [2.05, 4.69) is 16.4 Å². The van der Waals surface area contributed by atoms with Crippen LogP contribution in [0, 0.1) is 31.6 Å². The van der Waals surface area contributed by atoms with E-state index in [1.165, 1.54) is 16.2 Å². The minimum absolute atomic E-state index is 0.155. The first kappa shape index (κ1) is 20.7. The molecule has 2 heterocycles. The van der Waals surface area contributed by atoms with Gasteiger partial charge in [0, 0.05) is 0 Å². The van der Waals surface area contributed by atoms with Gasteiger partial charge in [-0.2, -0.15) is 0 Å². The number of aryl methyl sites for hydroxylation is 2. The number of anilines is 1. The summed E-state index contributed by atoms with van der Waals surface area (Å²) in [6.45, 7) is 8.01. The monoisotopic (exact) mass is 425 g/mol. The Labute approximate surface area is 180 Å². The third-order valence-electron chi connectivity index (χ3n) is 5.91. The van der Waals surface area contributed by atoms with Crippen LogP contribution < -0.4 is 5.32 Å². The number of imide groups is 1. The molecule has 0 radical (unpaired) electrons. The third-order valence-corrected chi connectivity index (χ3v) is 6.83. The van der Waals surface area contributed by atoms with Crippen LogP contribution >= 0.6 is 11.3 Å². The average Bonchev–Trinajstić information content (AvgIpc) is 3.19. The van der Waals surface area contributed by atoms with E-state index in [0.29, 0.717) is 24.4 Å². The van der Waals surface area contributed by atoms with E-state index in [4.69, 9.17) is 0 Å².